The highest BCUT2D eigenvalue weighted by Gasteiger charge is 2.27. The third-order valence-electron chi connectivity index (χ3n) is 6.21. The number of carbonyl (C=O) groups is 1. The Hall–Kier alpha value is -3.05. The summed E-state index contributed by atoms with van der Waals surface area (Å²) in [6, 6.07) is 30.4. The molecule has 35 heavy (non-hydrogen) atoms. The number of hydrogen-bond donors (Lipinski definition) is 0. The van der Waals surface area contributed by atoms with Gasteiger partial charge >= 0.3 is 0 Å². The summed E-state index contributed by atoms with van der Waals surface area (Å²) in [7, 11) is 0. The Labute approximate surface area is 208 Å². The van der Waals surface area contributed by atoms with Crippen LogP contribution in [0.3, 0.4) is 0 Å². The molecule has 0 spiro atoms. The van der Waals surface area contributed by atoms with Gasteiger partial charge in [-0.3, -0.25) is 4.79 Å². The van der Waals surface area contributed by atoms with Crippen molar-refractivity contribution in [1.29, 1.82) is 0 Å². The van der Waals surface area contributed by atoms with E-state index in [1.807, 2.05) is 60.7 Å². The van der Waals surface area contributed by atoms with Crippen LogP contribution in [0.2, 0.25) is 0 Å². The molecule has 0 saturated heterocycles. The van der Waals surface area contributed by atoms with E-state index in [1.165, 1.54) is 0 Å². The SMILES string of the molecule is O=C1C=C(CC(COCc2ccccc2)OCc2ccccc2)CC1CCOCc1ccccc1. The van der Waals surface area contributed by atoms with E-state index in [2.05, 4.69) is 36.4 Å². The summed E-state index contributed by atoms with van der Waals surface area (Å²) in [6.45, 7) is 2.72. The van der Waals surface area contributed by atoms with Gasteiger partial charge in [0.2, 0.25) is 0 Å². The van der Waals surface area contributed by atoms with Crippen molar-refractivity contribution in [3.63, 3.8) is 0 Å². The number of allylic oxidation sites excluding steroid dienone is 1. The molecule has 0 fully saturated rings. The first-order valence-electron chi connectivity index (χ1n) is 12.4. The summed E-state index contributed by atoms with van der Waals surface area (Å²) in [5.74, 6) is 0.205. The van der Waals surface area contributed by atoms with Crippen LogP contribution in [-0.4, -0.2) is 25.1 Å². The molecule has 3 aromatic rings. The van der Waals surface area contributed by atoms with E-state index in [0.29, 0.717) is 39.5 Å². The largest absolute Gasteiger partial charge is 0.377 e. The van der Waals surface area contributed by atoms with Crippen molar-refractivity contribution in [2.75, 3.05) is 13.2 Å². The molecular formula is C31H34O4. The minimum Gasteiger partial charge on any atom is -0.377 e. The average Bonchev–Trinajstić information content (AvgIpc) is 3.25. The molecule has 3 aromatic carbocycles. The van der Waals surface area contributed by atoms with Crippen LogP contribution >= 0.6 is 0 Å². The van der Waals surface area contributed by atoms with Gasteiger partial charge < -0.3 is 14.2 Å². The van der Waals surface area contributed by atoms with Crippen molar-refractivity contribution in [2.24, 2.45) is 5.92 Å². The van der Waals surface area contributed by atoms with Crippen molar-refractivity contribution in [3.8, 4) is 0 Å². The van der Waals surface area contributed by atoms with E-state index in [0.717, 1.165) is 35.1 Å². The lowest BCUT2D eigenvalue weighted by atomic mass is 9.99. The summed E-state index contributed by atoms with van der Waals surface area (Å²) in [6.07, 6.45) is 3.93. The van der Waals surface area contributed by atoms with E-state index in [1.54, 1.807) is 0 Å². The first-order chi connectivity index (χ1) is 17.3. The van der Waals surface area contributed by atoms with Crippen molar-refractivity contribution in [1.82, 2.24) is 0 Å². The Balaban J connectivity index is 1.25. The third kappa shape index (κ3) is 8.59. The van der Waals surface area contributed by atoms with Gasteiger partial charge in [0.1, 0.15) is 0 Å². The fraction of sp³-hybridized carbons (Fsp3) is 0.323. The zero-order chi connectivity index (χ0) is 24.1. The normalized spacial score (nSPS) is 16.3. The maximum absolute atomic E-state index is 12.6. The molecule has 0 amide bonds. The Kier molecular flexibility index (Phi) is 9.84. The maximum atomic E-state index is 12.6. The van der Waals surface area contributed by atoms with Crippen molar-refractivity contribution in [3.05, 3.63) is 119 Å². The van der Waals surface area contributed by atoms with Crippen LogP contribution in [0.4, 0.5) is 0 Å². The van der Waals surface area contributed by atoms with Gasteiger partial charge in [-0.1, -0.05) is 96.6 Å². The molecule has 0 aliphatic heterocycles. The second-order valence-corrected chi connectivity index (χ2v) is 9.06. The van der Waals surface area contributed by atoms with Crippen LogP contribution in [0.1, 0.15) is 36.0 Å². The van der Waals surface area contributed by atoms with Gasteiger partial charge in [-0.15, -0.1) is 0 Å². The molecule has 1 aliphatic rings. The summed E-state index contributed by atoms with van der Waals surface area (Å²) >= 11 is 0. The molecule has 0 aromatic heterocycles. The smallest absolute Gasteiger partial charge is 0.159 e. The molecule has 4 rings (SSSR count). The molecule has 0 radical (unpaired) electrons. The van der Waals surface area contributed by atoms with Gasteiger partial charge in [-0.2, -0.15) is 0 Å². The minimum atomic E-state index is -0.106. The zero-order valence-electron chi connectivity index (χ0n) is 20.2. The van der Waals surface area contributed by atoms with Crippen LogP contribution in [0, 0.1) is 5.92 Å². The first kappa shape index (κ1) is 25.1. The average molecular weight is 471 g/mol. The maximum Gasteiger partial charge on any atom is 0.159 e. The summed E-state index contributed by atoms with van der Waals surface area (Å²) in [5.41, 5.74) is 4.56. The molecule has 0 saturated carbocycles. The lowest BCUT2D eigenvalue weighted by molar-refractivity contribution is -0.118. The highest BCUT2D eigenvalue weighted by atomic mass is 16.5. The molecule has 182 valence electrons. The van der Waals surface area contributed by atoms with E-state index < -0.39 is 0 Å². The molecule has 2 unspecified atom stereocenters. The molecular weight excluding hydrogens is 436 g/mol. The van der Waals surface area contributed by atoms with Crippen LogP contribution in [-0.2, 0) is 38.8 Å². The predicted molar refractivity (Wildman–Crippen MR) is 138 cm³/mol. The quantitative estimate of drug-likeness (QED) is 0.259. The Morgan fingerprint density at radius 3 is 1.86 bits per heavy atom. The van der Waals surface area contributed by atoms with Crippen molar-refractivity contribution >= 4 is 5.78 Å². The fourth-order valence-electron chi connectivity index (χ4n) is 4.30. The molecule has 1 aliphatic carbocycles. The second-order valence-electron chi connectivity index (χ2n) is 9.06. The highest BCUT2D eigenvalue weighted by Crippen LogP contribution is 2.29. The number of hydrogen-bond acceptors (Lipinski definition) is 4. The van der Waals surface area contributed by atoms with Gasteiger partial charge in [-0.05, 0) is 42.0 Å². The second kappa shape index (κ2) is 13.7. The standard InChI is InChI=1S/C31H34O4/c32-31-20-28(18-29(31)16-17-33-21-25-10-4-1-5-11-25)19-30(35-23-27-14-8-3-9-15-27)24-34-22-26-12-6-2-7-13-26/h1-15,20,29-30H,16-19,21-24H2. The van der Waals surface area contributed by atoms with Gasteiger partial charge in [0, 0.05) is 12.5 Å². The fourth-order valence-corrected chi connectivity index (χ4v) is 4.30. The Morgan fingerprint density at radius 2 is 1.26 bits per heavy atom. The molecule has 4 nitrogen and oxygen atoms in total. The van der Waals surface area contributed by atoms with Gasteiger partial charge in [0.05, 0.1) is 32.5 Å². The zero-order valence-corrected chi connectivity index (χ0v) is 20.2. The molecule has 4 heteroatoms. The summed E-state index contributed by atoms with van der Waals surface area (Å²) in [5, 5.41) is 0. The van der Waals surface area contributed by atoms with Crippen LogP contribution in [0.25, 0.3) is 0 Å². The summed E-state index contributed by atoms with van der Waals surface area (Å²) < 4.78 is 18.1. The van der Waals surface area contributed by atoms with Crippen molar-refractivity contribution < 1.29 is 19.0 Å². The van der Waals surface area contributed by atoms with Crippen LogP contribution in [0.15, 0.2) is 103 Å². The number of benzene rings is 3. The van der Waals surface area contributed by atoms with E-state index >= 15 is 0 Å². The molecule has 0 heterocycles. The van der Waals surface area contributed by atoms with Gasteiger partial charge in [0.25, 0.3) is 0 Å². The first-order valence-corrected chi connectivity index (χ1v) is 12.4. The van der Waals surface area contributed by atoms with Gasteiger partial charge in [0.15, 0.2) is 5.78 Å². The Bertz CT molecular complexity index is 1050. The monoisotopic (exact) mass is 470 g/mol. The van der Waals surface area contributed by atoms with E-state index in [4.69, 9.17) is 14.2 Å². The number of ether oxygens (including phenoxy) is 3. The Morgan fingerprint density at radius 1 is 0.714 bits per heavy atom. The number of ketones is 1. The van der Waals surface area contributed by atoms with E-state index in [9.17, 15) is 4.79 Å². The molecule has 0 N–H and O–H groups in total. The van der Waals surface area contributed by atoms with Gasteiger partial charge in [-0.25, -0.2) is 0 Å². The van der Waals surface area contributed by atoms with Crippen molar-refractivity contribution in [2.45, 2.75) is 45.2 Å². The predicted octanol–water partition coefficient (Wildman–Crippen LogP) is 6.30. The van der Waals surface area contributed by atoms with Crippen LogP contribution in [0.5, 0.6) is 0 Å². The highest BCUT2D eigenvalue weighted by molar-refractivity contribution is 5.95. The topological polar surface area (TPSA) is 44.8 Å². The van der Waals surface area contributed by atoms with Crippen LogP contribution < -0.4 is 0 Å². The van der Waals surface area contributed by atoms with E-state index in [-0.39, 0.29) is 17.8 Å². The lowest BCUT2D eigenvalue weighted by Gasteiger charge is -2.19. The molecule has 0 bridgehead atoms. The molecule has 2 atom stereocenters. The lowest BCUT2D eigenvalue weighted by Crippen LogP contribution is -2.21. The summed E-state index contributed by atoms with van der Waals surface area (Å²) in [4.78, 5) is 12.6. The third-order valence-corrected chi connectivity index (χ3v) is 6.21. The number of rotatable bonds is 14. The minimum absolute atomic E-state index is 0.000726. The number of carbonyl (C=O) groups excluding carboxylic acids is 1.